The standard InChI is InChI=1S/C13H14F3NO3.ClH/c14-13(15,16)10-3-1-9(2-4-10)8-20-12(19)6-5-11(18)7-17;/h1-4H,5-8,17H2;1H. The van der Waals surface area contributed by atoms with Crippen molar-refractivity contribution in [2.75, 3.05) is 6.54 Å². The zero-order chi connectivity index (χ0) is 15.2. The maximum atomic E-state index is 12.3. The molecule has 0 heterocycles. The summed E-state index contributed by atoms with van der Waals surface area (Å²) in [6.07, 6.45) is -4.48. The molecule has 0 radical (unpaired) electrons. The van der Waals surface area contributed by atoms with Crippen LogP contribution in [0.4, 0.5) is 13.2 Å². The minimum Gasteiger partial charge on any atom is -0.461 e. The first-order valence-corrected chi connectivity index (χ1v) is 5.86. The average molecular weight is 326 g/mol. The smallest absolute Gasteiger partial charge is 0.416 e. The molecule has 2 N–H and O–H groups in total. The van der Waals surface area contributed by atoms with Gasteiger partial charge in [0, 0.05) is 6.42 Å². The first kappa shape index (κ1) is 19.4. The molecule has 0 saturated carbocycles. The van der Waals surface area contributed by atoms with Gasteiger partial charge >= 0.3 is 12.1 Å². The Morgan fingerprint density at radius 3 is 2.14 bits per heavy atom. The lowest BCUT2D eigenvalue weighted by molar-refractivity contribution is -0.146. The van der Waals surface area contributed by atoms with Crippen LogP contribution in [-0.4, -0.2) is 18.3 Å². The topological polar surface area (TPSA) is 69.4 Å². The van der Waals surface area contributed by atoms with Crippen LogP contribution < -0.4 is 5.73 Å². The highest BCUT2D eigenvalue weighted by molar-refractivity contribution is 5.85. The van der Waals surface area contributed by atoms with Gasteiger partial charge in [0.15, 0.2) is 0 Å². The molecule has 4 nitrogen and oxygen atoms in total. The normalized spacial score (nSPS) is 10.7. The van der Waals surface area contributed by atoms with Gasteiger partial charge in [-0.05, 0) is 17.7 Å². The summed E-state index contributed by atoms with van der Waals surface area (Å²) in [5.74, 6) is -0.844. The zero-order valence-corrected chi connectivity index (χ0v) is 11.8. The predicted octanol–water partition coefficient (Wildman–Crippen LogP) is 2.48. The monoisotopic (exact) mass is 325 g/mol. The van der Waals surface area contributed by atoms with E-state index in [0.29, 0.717) is 5.56 Å². The van der Waals surface area contributed by atoms with Crippen LogP contribution in [0.2, 0.25) is 0 Å². The molecule has 0 saturated heterocycles. The first-order chi connectivity index (χ1) is 9.32. The Morgan fingerprint density at radius 2 is 1.67 bits per heavy atom. The zero-order valence-electron chi connectivity index (χ0n) is 11.0. The van der Waals surface area contributed by atoms with Crippen molar-refractivity contribution in [3.8, 4) is 0 Å². The molecule has 0 aromatic heterocycles. The molecule has 0 aliphatic rings. The van der Waals surface area contributed by atoms with Crippen LogP contribution in [0.5, 0.6) is 0 Å². The average Bonchev–Trinajstić information content (AvgIpc) is 2.41. The van der Waals surface area contributed by atoms with Crippen LogP contribution in [0.3, 0.4) is 0 Å². The Hall–Kier alpha value is -1.60. The summed E-state index contributed by atoms with van der Waals surface area (Å²) in [5.41, 5.74) is 4.76. The molecule has 21 heavy (non-hydrogen) atoms. The van der Waals surface area contributed by atoms with Gasteiger partial charge in [0.05, 0.1) is 18.5 Å². The van der Waals surface area contributed by atoms with Crippen LogP contribution in [-0.2, 0) is 27.1 Å². The Morgan fingerprint density at radius 1 is 1.10 bits per heavy atom. The molecular weight excluding hydrogens is 311 g/mol. The molecule has 1 rings (SSSR count). The fourth-order valence-electron chi connectivity index (χ4n) is 1.37. The highest BCUT2D eigenvalue weighted by Gasteiger charge is 2.29. The number of carbonyl (C=O) groups excluding carboxylic acids is 2. The second-order valence-electron chi connectivity index (χ2n) is 4.10. The molecule has 0 amide bonds. The minimum atomic E-state index is -4.39. The Balaban J connectivity index is 0.00000400. The summed E-state index contributed by atoms with van der Waals surface area (Å²) in [7, 11) is 0. The van der Waals surface area contributed by atoms with Crippen molar-refractivity contribution in [2.45, 2.75) is 25.6 Å². The van der Waals surface area contributed by atoms with E-state index in [1.165, 1.54) is 12.1 Å². The maximum absolute atomic E-state index is 12.3. The molecule has 118 valence electrons. The van der Waals surface area contributed by atoms with Crippen molar-refractivity contribution in [1.82, 2.24) is 0 Å². The molecule has 1 aromatic carbocycles. The number of hydrogen-bond acceptors (Lipinski definition) is 4. The lowest BCUT2D eigenvalue weighted by atomic mass is 10.1. The van der Waals surface area contributed by atoms with E-state index >= 15 is 0 Å². The number of alkyl halides is 3. The molecule has 0 bridgehead atoms. The van der Waals surface area contributed by atoms with E-state index in [0.717, 1.165) is 12.1 Å². The molecule has 0 atom stereocenters. The molecular formula is C13H15ClF3NO3. The van der Waals surface area contributed by atoms with Crippen molar-refractivity contribution in [3.05, 3.63) is 35.4 Å². The number of ether oxygens (including phenoxy) is 1. The number of esters is 1. The quantitative estimate of drug-likeness (QED) is 0.816. The lowest BCUT2D eigenvalue weighted by Crippen LogP contribution is -2.15. The Kier molecular flexibility index (Phi) is 7.98. The third-order valence-corrected chi connectivity index (χ3v) is 2.52. The van der Waals surface area contributed by atoms with Crippen molar-refractivity contribution >= 4 is 24.2 Å². The summed E-state index contributed by atoms with van der Waals surface area (Å²) in [6.45, 7) is -0.264. The van der Waals surface area contributed by atoms with Crippen molar-refractivity contribution in [2.24, 2.45) is 5.73 Å². The van der Waals surface area contributed by atoms with Crippen LogP contribution >= 0.6 is 12.4 Å². The highest BCUT2D eigenvalue weighted by Crippen LogP contribution is 2.29. The lowest BCUT2D eigenvalue weighted by Gasteiger charge is -2.08. The molecule has 0 unspecified atom stereocenters. The number of ketones is 1. The third kappa shape index (κ3) is 7.10. The highest BCUT2D eigenvalue weighted by atomic mass is 35.5. The molecule has 0 aliphatic heterocycles. The van der Waals surface area contributed by atoms with Gasteiger partial charge in [0.1, 0.15) is 12.4 Å². The van der Waals surface area contributed by atoms with Gasteiger partial charge in [-0.1, -0.05) is 12.1 Å². The number of hydrogen-bond donors (Lipinski definition) is 1. The van der Waals surface area contributed by atoms with E-state index < -0.39 is 17.7 Å². The number of carbonyl (C=O) groups is 2. The first-order valence-electron chi connectivity index (χ1n) is 5.86. The second-order valence-corrected chi connectivity index (χ2v) is 4.10. The van der Waals surface area contributed by atoms with Crippen LogP contribution in [0.25, 0.3) is 0 Å². The van der Waals surface area contributed by atoms with Crippen LogP contribution in [0, 0.1) is 0 Å². The molecule has 0 spiro atoms. The number of nitrogens with two attached hydrogens (primary N) is 1. The largest absolute Gasteiger partial charge is 0.461 e. The second kappa shape index (κ2) is 8.63. The fraction of sp³-hybridized carbons (Fsp3) is 0.385. The summed E-state index contributed by atoms with van der Waals surface area (Å²) in [4.78, 5) is 22.2. The van der Waals surface area contributed by atoms with Crippen LogP contribution in [0.15, 0.2) is 24.3 Å². The Labute approximate surface area is 125 Å². The van der Waals surface area contributed by atoms with Gasteiger partial charge in [0.2, 0.25) is 0 Å². The number of Topliss-reactive ketones (excluding diaryl/α,β-unsaturated/α-hetero) is 1. The summed E-state index contributed by atoms with van der Waals surface area (Å²) in [5, 5.41) is 0. The van der Waals surface area contributed by atoms with E-state index in [4.69, 9.17) is 10.5 Å². The maximum Gasteiger partial charge on any atom is 0.416 e. The van der Waals surface area contributed by atoms with E-state index in [9.17, 15) is 22.8 Å². The van der Waals surface area contributed by atoms with E-state index in [1.54, 1.807) is 0 Å². The number of halogens is 4. The Bertz CT molecular complexity index is 475. The summed E-state index contributed by atoms with van der Waals surface area (Å²) in [6, 6.07) is 4.31. The van der Waals surface area contributed by atoms with Gasteiger partial charge in [-0.2, -0.15) is 13.2 Å². The van der Waals surface area contributed by atoms with E-state index in [2.05, 4.69) is 0 Å². The minimum absolute atomic E-state index is 0. The molecule has 1 aromatic rings. The summed E-state index contributed by atoms with van der Waals surface area (Å²) < 4.78 is 41.8. The predicted molar refractivity (Wildman–Crippen MR) is 71.8 cm³/mol. The number of rotatable bonds is 6. The molecule has 8 heteroatoms. The molecule has 0 fully saturated rings. The molecule has 0 aliphatic carbocycles. The van der Waals surface area contributed by atoms with E-state index in [1.807, 2.05) is 0 Å². The van der Waals surface area contributed by atoms with E-state index in [-0.39, 0.29) is 44.2 Å². The van der Waals surface area contributed by atoms with Gasteiger partial charge in [-0.25, -0.2) is 0 Å². The van der Waals surface area contributed by atoms with Gasteiger partial charge in [-0.3, -0.25) is 9.59 Å². The van der Waals surface area contributed by atoms with Crippen molar-refractivity contribution < 1.29 is 27.5 Å². The van der Waals surface area contributed by atoms with Crippen LogP contribution in [0.1, 0.15) is 24.0 Å². The SMILES string of the molecule is Cl.NCC(=O)CCC(=O)OCc1ccc(C(F)(F)F)cc1. The number of benzene rings is 1. The fourth-order valence-corrected chi connectivity index (χ4v) is 1.37. The third-order valence-electron chi connectivity index (χ3n) is 2.52. The summed E-state index contributed by atoms with van der Waals surface area (Å²) >= 11 is 0. The van der Waals surface area contributed by atoms with Crippen molar-refractivity contribution in [3.63, 3.8) is 0 Å². The van der Waals surface area contributed by atoms with Crippen molar-refractivity contribution in [1.29, 1.82) is 0 Å². The van der Waals surface area contributed by atoms with Gasteiger partial charge in [-0.15, -0.1) is 12.4 Å². The van der Waals surface area contributed by atoms with Gasteiger partial charge < -0.3 is 10.5 Å². The van der Waals surface area contributed by atoms with Gasteiger partial charge in [0.25, 0.3) is 0 Å².